The van der Waals surface area contributed by atoms with Gasteiger partial charge >= 0.3 is 0 Å². The maximum atomic E-state index is 14.1. The van der Waals surface area contributed by atoms with Crippen molar-refractivity contribution in [1.82, 2.24) is 31.1 Å². The molecule has 2 aliphatic heterocycles. The van der Waals surface area contributed by atoms with Crippen molar-refractivity contribution in [3.63, 3.8) is 0 Å². The summed E-state index contributed by atoms with van der Waals surface area (Å²) in [4.78, 5) is 85.3. The molecule has 5 rings (SSSR count). The highest BCUT2D eigenvalue weighted by atomic mass is 16.5. The standard InChI is InChI=1S/C47H62N6O10/c1-31(2)23-38-43(55)48-32(3)46(58)53-20-14-19-41(53)45(57)51-40(47(59)52(4)5)30-61-22-13-12-21-60-29-39(44(56)49-38)50-42(54)35-24-36(62-27-33-15-8-6-9-16-33)26-37(25-35)63-28-34-17-10-7-11-18-34/h6-11,15-18,24-26,31-32,38-41H,12-14,19-23,27-30H2,1-5H3,(H,48,55)(H,49,56)(H,50,54)(H,51,57)/t32-,38-,39-,40-,41-/m0/s1. The Hall–Kier alpha value is -6.00. The molecule has 2 aliphatic rings. The quantitative estimate of drug-likeness (QED) is 0.222. The monoisotopic (exact) mass is 870 g/mol. The molecule has 0 bridgehead atoms. The summed E-state index contributed by atoms with van der Waals surface area (Å²) in [6.45, 7) is 6.22. The maximum absolute atomic E-state index is 14.1. The number of fused-ring (bicyclic) bond motifs is 1. The van der Waals surface area contributed by atoms with Gasteiger partial charge in [-0.15, -0.1) is 0 Å². The molecular formula is C47H62N6O10. The zero-order valence-electron chi connectivity index (χ0n) is 36.9. The van der Waals surface area contributed by atoms with E-state index in [1.807, 2.05) is 74.5 Å². The Morgan fingerprint density at radius 2 is 1.37 bits per heavy atom. The number of amides is 6. The molecule has 4 N–H and O–H groups in total. The van der Waals surface area contributed by atoms with Crippen molar-refractivity contribution < 1.29 is 47.7 Å². The summed E-state index contributed by atoms with van der Waals surface area (Å²) < 4.78 is 24.0. The van der Waals surface area contributed by atoms with Crippen molar-refractivity contribution in [3.05, 3.63) is 95.6 Å². The van der Waals surface area contributed by atoms with Gasteiger partial charge in [0.2, 0.25) is 29.5 Å². The minimum atomic E-state index is -1.24. The van der Waals surface area contributed by atoms with Gasteiger partial charge in [0.05, 0.1) is 13.2 Å². The van der Waals surface area contributed by atoms with Crippen LogP contribution in [-0.4, -0.2) is 123 Å². The van der Waals surface area contributed by atoms with Crippen LogP contribution in [0.5, 0.6) is 11.5 Å². The first-order chi connectivity index (χ1) is 30.3. The Kier molecular flexibility index (Phi) is 18.3. The molecule has 2 saturated heterocycles. The molecule has 6 amide bonds. The molecule has 0 aromatic heterocycles. The number of nitrogens with zero attached hydrogens (tertiary/aromatic N) is 2. The Balaban J connectivity index is 1.37. The van der Waals surface area contributed by atoms with Gasteiger partial charge in [0.15, 0.2) is 0 Å². The fourth-order valence-electron chi connectivity index (χ4n) is 7.24. The average molecular weight is 871 g/mol. The maximum Gasteiger partial charge on any atom is 0.252 e. The number of likely N-dealkylation sites (N-methyl/N-ethyl adjacent to an activating group) is 1. The second-order valence-corrected chi connectivity index (χ2v) is 16.5. The van der Waals surface area contributed by atoms with Gasteiger partial charge in [-0.05, 0) is 68.2 Å². The summed E-state index contributed by atoms with van der Waals surface area (Å²) in [6, 6.07) is 18.8. The van der Waals surface area contributed by atoms with Crippen LogP contribution in [-0.2, 0) is 46.7 Å². The van der Waals surface area contributed by atoms with Gasteiger partial charge < -0.3 is 50.0 Å². The van der Waals surface area contributed by atoms with E-state index in [2.05, 4.69) is 21.3 Å². The lowest BCUT2D eigenvalue weighted by Crippen LogP contribution is -2.59. The third-order valence-corrected chi connectivity index (χ3v) is 10.6. The number of rotatable bonds is 11. The molecule has 3 aromatic rings. The van der Waals surface area contributed by atoms with Crippen LogP contribution < -0.4 is 30.7 Å². The first kappa shape index (κ1) is 48.0. The minimum Gasteiger partial charge on any atom is -0.489 e. The fraction of sp³-hybridized carbons (Fsp3) is 0.489. The molecule has 0 aliphatic carbocycles. The number of nitrogens with one attached hydrogen (secondary N) is 4. The summed E-state index contributed by atoms with van der Waals surface area (Å²) in [5, 5.41) is 11.1. The van der Waals surface area contributed by atoms with Gasteiger partial charge in [0, 0.05) is 45.5 Å². The van der Waals surface area contributed by atoms with Crippen LogP contribution in [0.1, 0.15) is 74.4 Å². The van der Waals surface area contributed by atoms with Crippen LogP contribution in [0.4, 0.5) is 0 Å². The normalized spacial score (nSPS) is 22.1. The number of carbonyl (C=O) groups is 6. The van der Waals surface area contributed by atoms with Crippen molar-refractivity contribution in [3.8, 4) is 11.5 Å². The second kappa shape index (κ2) is 24.0. The van der Waals surface area contributed by atoms with E-state index in [1.54, 1.807) is 32.3 Å². The predicted molar refractivity (Wildman–Crippen MR) is 234 cm³/mol. The van der Waals surface area contributed by atoms with E-state index in [1.165, 1.54) is 16.7 Å². The Morgan fingerprint density at radius 3 is 1.94 bits per heavy atom. The largest absolute Gasteiger partial charge is 0.489 e. The SMILES string of the molecule is CC(C)C[C@@H]1NC(=O)[C@@H](NC(=O)c2cc(OCc3ccccc3)cc(OCc3ccccc3)c2)COCCCCOC[C@@H](C(=O)N(C)C)NC(=O)[C@@H]2CCCN2C(=O)[C@H](C)NC1=O. The molecule has 2 fully saturated rings. The summed E-state index contributed by atoms with van der Waals surface area (Å²) in [6.07, 6.45) is 2.20. The van der Waals surface area contributed by atoms with Crippen molar-refractivity contribution in [2.75, 3.05) is 47.1 Å². The lowest BCUT2D eigenvalue weighted by atomic mass is 10.0. The van der Waals surface area contributed by atoms with E-state index in [4.69, 9.17) is 18.9 Å². The number of ether oxygens (including phenoxy) is 4. The molecule has 3 aromatic carbocycles. The second-order valence-electron chi connectivity index (χ2n) is 16.5. The van der Waals surface area contributed by atoms with E-state index in [9.17, 15) is 28.8 Å². The molecule has 2 heterocycles. The summed E-state index contributed by atoms with van der Waals surface area (Å²) in [5.74, 6) is -2.50. The van der Waals surface area contributed by atoms with Crippen LogP contribution in [0, 0.1) is 5.92 Å². The van der Waals surface area contributed by atoms with Crippen LogP contribution >= 0.6 is 0 Å². The summed E-state index contributed by atoms with van der Waals surface area (Å²) >= 11 is 0. The third-order valence-electron chi connectivity index (χ3n) is 10.6. The Bertz CT molecular complexity index is 1940. The van der Waals surface area contributed by atoms with Crippen molar-refractivity contribution >= 4 is 35.4 Å². The molecule has 0 saturated carbocycles. The molecule has 63 heavy (non-hydrogen) atoms. The van der Waals surface area contributed by atoms with Gasteiger partial charge in [-0.25, -0.2) is 0 Å². The average Bonchev–Trinajstić information content (AvgIpc) is 3.77. The highest BCUT2D eigenvalue weighted by Gasteiger charge is 2.39. The Labute approximate surface area is 369 Å². The first-order valence-electron chi connectivity index (χ1n) is 21.7. The van der Waals surface area contributed by atoms with Crippen LogP contribution in [0.2, 0.25) is 0 Å². The zero-order chi connectivity index (χ0) is 45.3. The first-order valence-corrected chi connectivity index (χ1v) is 21.7. The molecule has 0 spiro atoms. The number of carbonyl (C=O) groups excluding carboxylic acids is 6. The molecule has 16 heteroatoms. The van der Waals surface area contributed by atoms with E-state index in [-0.39, 0.29) is 70.0 Å². The van der Waals surface area contributed by atoms with Gasteiger partial charge in [0.25, 0.3) is 5.91 Å². The molecule has 0 radical (unpaired) electrons. The molecule has 340 valence electrons. The molecule has 5 atom stereocenters. The highest BCUT2D eigenvalue weighted by molar-refractivity contribution is 5.99. The predicted octanol–water partition coefficient (Wildman–Crippen LogP) is 3.37. The van der Waals surface area contributed by atoms with Crippen LogP contribution in [0.3, 0.4) is 0 Å². The van der Waals surface area contributed by atoms with Gasteiger partial charge in [0.1, 0.15) is 54.9 Å². The molecule has 16 nitrogen and oxygen atoms in total. The van der Waals surface area contributed by atoms with E-state index in [0.717, 1.165) is 11.1 Å². The van der Waals surface area contributed by atoms with Crippen LogP contribution in [0.25, 0.3) is 0 Å². The number of benzene rings is 3. The highest BCUT2D eigenvalue weighted by Crippen LogP contribution is 2.25. The minimum absolute atomic E-state index is 0.0505. The lowest BCUT2D eigenvalue weighted by molar-refractivity contribution is -0.143. The van der Waals surface area contributed by atoms with Gasteiger partial charge in [-0.1, -0.05) is 74.5 Å². The third kappa shape index (κ3) is 14.8. The number of hydrogen-bond acceptors (Lipinski definition) is 10. The number of hydrogen-bond donors (Lipinski definition) is 4. The zero-order valence-corrected chi connectivity index (χ0v) is 36.9. The van der Waals surface area contributed by atoms with E-state index in [0.29, 0.717) is 37.2 Å². The van der Waals surface area contributed by atoms with Crippen molar-refractivity contribution in [2.24, 2.45) is 5.92 Å². The van der Waals surface area contributed by atoms with Crippen LogP contribution in [0.15, 0.2) is 78.9 Å². The van der Waals surface area contributed by atoms with E-state index >= 15 is 0 Å². The van der Waals surface area contributed by atoms with E-state index < -0.39 is 59.7 Å². The van der Waals surface area contributed by atoms with Crippen molar-refractivity contribution in [1.29, 1.82) is 0 Å². The summed E-state index contributed by atoms with van der Waals surface area (Å²) in [5.41, 5.74) is 2.01. The summed E-state index contributed by atoms with van der Waals surface area (Å²) in [7, 11) is 3.17. The lowest BCUT2D eigenvalue weighted by Gasteiger charge is -2.30. The van der Waals surface area contributed by atoms with Gasteiger partial charge in [-0.2, -0.15) is 0 Å². The Morgan fingerprint density at radius 1 is 0.778 bits per heavy atom. The van der Waals surface area contributed by atoms with Crippen molar-refractivity contribution in [2.45, 2.75) is 96.3 Å². The van der Waals surface area contributed by atoms with Gasteiger partial charge in [-0.3, -0.25) is 28.8 Å². The molecular weight excluding hydrogens is 809 g/mol. The fourth-order valence-corrected chi connectivity index (χ4v) is 7.24. The molecule has 0 unspecified atom stereocenters. The smallest absolute Gasteiger partial charge is 0.252 e. The topological polar surface area (TPSA) is 194 Å².